The maximum absolute atomic E-state index is 12.3. The van der Waals surface area contributed by atoms with Crippen LogP contribution in [0.2, 0.25) is 5.02 Å². The molecule has 0 saturated heterocycles. The van der Waals surface area contributed by atoms with Gasteiger partial charge < -0.3 is 15.2 Å². The van der Waals surface area contributed by atoms with Crippen molar-refractivity contribution in [3.63, 3.8) is 0 Å². The molecule has 24 heavy (non-hydrogen) atoms. The molecule has 1 aliphatic rings. The Labute approximate surface area is 147 Å². The van der Waals surface area contributed by atoms with Crippen molar-refractivity contribution >= 4 is 23.5 Å². The number of rotatable bonds is 7. The first-order valence-electron chi connectivity index (χ1n) is 8.43. The highest BCUT2D eigenvalue weighted by atomic mass is 35.5. The summed E-state index contributed by atoms with van der Waals surface area (Å²) in [5.74, 6) is -0.675. The number of aliphatic carboxylic acids is 1. The molecule has 2 N–H and O–H groups in total. The van der Waals surface area contributed by atoms with Crippen LogP contribution in [0.3, 0.4) is 0 Å². The second-order valence-electron chi connectivity index (χ2n) is 6.12. The third-order valence-corrected chi connectivity index (χ3v) is 4.65. The lowest BCUT2D eigenvalue weighted by molar-refractivity contribution is -0.144. The molecule has 1 amide bonds. The number of carbonyl (C=O) groups is 2. The lowest BCUT2D eigenvalue weighted by atomic mass is 9.81. The van der Waals surface area contributed by atoms with Gasteiger partial charge >= 0.3 is 5.97 Å². The van der Waals surface area contributed by atoms with Crippen LogP contribution in [0.25, 0.3) is 0 Å². The Bertz CT molecular complexity index is 590. The first-order valence-corrected chi connectivity index (χ1v) is 8.80. The molecule has 0 spiro atoms. The number of nitrogens with one attached hydrogen (secondary N) is 1. The zero-order chi connectivity index (χ0) is 17.5. The molecule has 0 aromatic heterocycles. The third kappa shape index (κ3) is 5.13. The van der Waals surface area contributed by atoms with Gasteiger partial charge in [0.15, 0.2) is 0 Å². The smallest absolute Gasteiger partial charge is 0.306 e. The SMILES string of the molecule is CCOc1ccc(Cl)cc1CCNC(=O)C1CCCC(C(=O)O)C1. The standard InChI is InChI=1S/C18H24ClNO4/c1-2-24-16-7-6-15(19)11-12(16)8-9-20-17(21)13-4-3-5-14(10-13)18(22)23/h6-7,11,13-14H,2-5,8-10H2,1H3,(H,20,21)(H,22,23). The van der Waals surface area contributed by atoms with E-state index in [1.807, 2.05) is 19.1 Å². The van der Waals surface area contributed by atoms with E-state index in [2.05, 4.69) is 5.32 Å². The minimum Gasteiger partial charge on any atom is -0.494 e. The molecule has 0 aliphatic heterocycles. The van der Waals surface area contributed by atoms with E-state index in [-0.39, 0.29) is 11.8 Å². The molecule has 0 bridgehead atoms. The number of carboxylic acid groups (broad SMARTS) is 1. The number of hydrogen-bond donors (Lipinski definition) is 2. The minimum absolute atomic E-state index is 0.0547. The van der Waals surface area contributed by atoms with Crippen molar-refractivity contribution in [2.75, 3.05) is 13.2 Å². The van der Waals surface area contributed by atoms with Gasteiger partial charge in [-0.05, 0) is 56.4 Å². The van der Waals surface area contributed by atoms with E-state index in [1.54, 1.807) is 6.07 Å². The van der Waals surface area contributed by atoms with Crippen LogP contribution in [0.15, 0.2) is 18.2 Å². The highest BCUT2D eigenvalue weighted by Gasteiger charge is 2.30. The highest BCUT2D eigenvalue weighted by Crippen LogP contribution is 2.29. The quantitative estimate of drug-likeness (QED) is 0.788. The Morgan fingerprint density at radius 3 is 2.79 bits per heavy atom. The van der Waals surface area contributed by atoms with Crippen molar-refractivity contribution in [3.8, 4) is 5.75 Å². The molecule has 0 radical (unpaired) electrons. The molecule has 2 rings (SSSR count). The van der Waals surface area contributed by atoms with Gasteiger partial charge in [0.1, 0.15) is 5.75 Å². The van der Waals surface area contributed by atoms with Gasteiger partial charge in [-0.15, -0.1) is 0 Å². The summed E-state index contributed by atoms with van der Waals surface area (Å²) in [6.07, 6.45) is 3.27. The molecular formula is C18H24ClNO4. The van der Waals surface area contributed by atoms with Crippen LogP contribution in [-0.4, -0.2) is 30.1 Å². The molecule has 1 aliphatic carbocycles. The lowest BCUT2D eigenvalue weighted by Crippen LogP contribution is -2.36. The summed E-state index contributed by atoms with van der Waals surface area (Å²) in [5.41, 5.74) is 0.955. The van der Waals surface area contributed by atoms with Gasteiger partial charge in [-0.25, -0.2) is 0 Å². The van der Waals surface area contributed by atoms with E-state index in [9.17, 15) is 9.59 Å². The summed E-state index contributed by atoms with van der Waals surface area (Å²) in [6.45, 7) is 2.97. The van der Waals surface area contributed by atoms with Gasteiger partial charge in [0.2, 0.25) is 5.91 Å². The fourth-order valence-corrected chi connectivity index (χ4v) is 3.35. The van der Waals surface area contributed by atoms with Crippen LogP contribution in [-0.2, 0) is 16.0 Å². The molecule has 1 aromatic rings. The maximum atomic E-state index is 12.3. The number of benzene rings is 1. The Morgan fingerprint density at radius 2 is 2.08 bits per heavy atom. The average molecular weight is 354 g/mol. The molecule has 132 valence electrons. The topological polar surface area (TPSA) is 75.6 Å². The molecule has 1 saturated carbocycles. The van der Waals surface area contributed by atoms with Gasteiger partial charge in [-0.1, -0.05) is 18.0 Å². The highest BCUT2D eigenvalue weighted by molar-refractivity contribution is 6.30. The van der Waals surface area contributed by atoms with Crippen molar-refractivity contribution in [2.45, 2.75) is 39.0 Å². The normalized spacial score (nSPS) is 20.4. The summed E-state index contributed by atoms with van der Waals surface area (Å²) in [4.78, 5) is 23.4. The van der Waals surface area contributed by atoms with E-state index in [0.29, 0.717) is 37.4 Å². The van der Waals surface area contributed by atoms with Crippen molar-refractivity contribution in [1.82, 2.24) is 5.32 Å². The zero-order valence-electron chi connectivity index (χ0n) is 13.9. The van der Waals surface area contributed by atoms with Crippen LogP contribution >= 0.6 is 11.6 Å². The van der Waals surface area contributed by atoms with Crippen molar-refractivity contribution in [2.24, 2.45) is 11.8 Å². The van der Waals surface area contributed by atoms with Gasteiger partial charge in [-0.2, -0.15) is 0 Å². The van der Waals surface area contributed by atoms with Crippen LogP contribution < -0.4 is 10.1 Å². The zero-order valence-corrected chi connectivity index (χ0v) is 14.6. The van der Waals surface area contributed by atoms with Crippen molar-refractivity contribution in [3.05, 3.63) is 28.8 Å². The Kier molecular flexibility index (Phi) is 6.91. The number of amides is 1. The average Bonchev–Trinajstić information content (AvgIpc) is 2.57. The molecule has 1 fully saturated rings. The van der Waals surface area contributed by atoms with Crippen LogP contribution in [0.1, 0.15) is 38.2 Å². The fourth-order valence-electron chi connectivity index (χ4n) is 3.16. The predicted octanol–water partition coefficient (Wildman–Crippen LogP) is 3.29. The second kappa shape index (κ2) is 8.92. The lowest BCUT2D eigenvalue weighted by Gasteiger charge is -2.25. The summed E-state index contributed by atoms with van der Waals surface area (Å²) in [6, 6.07) is 5.46. The number of carboxylic acids is 1. The van der Waals surface area contributed by atoms with Gasteiger partial charge in [0.05, 0.1) is 12.5 Å². The Balaban J connectivity index is 1.86. The molecule has 2 unspecified atom stereocenters. The molecule has 6 heteroatoms. The second-order valence-corrected chi connectivity index (χ2v) is 6.56. The van der Waals surface area contributed by atoms with E-state index in [0.717, 1.165) is 24.2 Å². The van der Waals surface area contributed by atoms with E-state index in [1.165, 1.54) is 0 Å². The van der Waals surface area contributed by atoms with Crippen LogP contribution in [0.5, 0.6) is 5.75 Å². The largest absolute Gasteiger partial charge is 0.494 e. The first kappa shape index (κ1) is 18.6. The van der Waals surface area contributed by atoms with E-state index >= 15 is 0 Å². The molecular weight excluding hydrogens is 330 g/mol. The Hall–Kier alpha value is -1.75. The summed E-state index contributed by atoms with van der Waals surface area (Å²) in [5, 5.41) is 12.7. The maximum Gasteiger partial charge on any atom is 0.306 e. The minimum atomic E-state index is -0.798. The van der Waals surface area contributed by atoms with E-state index in [4.69, 9.17) is 21.4 Å². The summed E-state index contributed by atoms with van der Waals surface area (Å²) >= 11 is 6.03. The van der Waals surface area contributed by atoms with Gasteiger partial charge in [0.25, 0.3) is 0 Å². The van der Waals surface area contributed by atoms with Crippen molar-refractivity contribution in [1.29, 1.82) is 0 Å². The first-order chi connectivity index (χ1) is 11.5. The van der Waals surface area contributed by atoms with Gasteiger partial charge in [0, 0.05) is 17.5 Å². The van der Waals surface area contributed by atoms with E-state index < -0.39 is 11.9 Å². The Morgan fingerprint density at radius 1 is 1.33 bits per heavy atom. The van der Waals surface area contributed by atoms with Crippen LogP contribution in [0, 0.1) is 11.8 Å². The molecule has 1 aromatic carbocycles. The number of carbonyl (C=O) groups excluding carboxylic acids is 1. The number of hydrogen-bond acceptors (Lipinski definition) is 3. The summed E-state index contributed by atoms with van der Waals surface area (Å²) < 4.78 is 5.57. The van der Waals surface area contributed by atoms with Crippen molar-refractivity contribution < 1.29 is 19.4 Å². The van der Waals surface area contributed by atoms with Crippen LogP contribution in [0.4, 0.5) is 0 Å². The third-order valence-electron chi connectivity index (χ3n) is 4.41. The molecule has 5 nitrogen and oxygen atoms in total. The predicted molar refractivity (Wildman–Crippen MR) is 92.4 cm³/mol. The molecule has 2 atom stereocenters. The number of ether oxygens (including phenoxy) is 1. The fraction of sp³-hybridized carbons (Fsp3) is 0.556. The summed E-state index contributed by atoms with van der Waals surface area (Å²) in [7, 11) is 0. The number of halogens is 1. The molecule has 0 heterocycles. The van der Waals surface area contributed by atoms with Gasteiger partial charge in [-0.3, -0.25) is 9.59 Å². The monoisotopic (exact) mass is 353 g/mol.